The van der Waals surface area contributed by atoms with Crippen LogP contribution in [0.25, 0.3) is 0 Å². The number of aliphatic hydroxyl groups excluding tert-OH is 16. The van der Waals surface area contributed by atoms with Gasteiger partial charge in [0.1, 0.15) is 105 Å². The molecule has 0 aliphatic rings. The van der Waals surface area contributed by atoms with E-state index in [9.17, 15) is 81.7 Å². The predicted octanol–water partition coefficient (Wildman–Crippen LogP) is -24.4. The highest BCUT2D eigenvalue weighted by Gasteiger charge is 2.25. The van der Waals surface area contributed by atoms with E-state index < -0.39 is 0 Å². The summed E-state index contributed by atoms with van der Waals surface area (Å²) in [6.45, 7) is 33.5. The zero-order valence-electron chi connectivity index (χ0n) is 59.2. The number of hydrogen-bond donors (Lipinski definition) is 26. The molecule has 31 nitrogen and oxygen atoms in total. The molecule has 0 unspecified atom stereocenters. The molecule has 0 aromatic rings. The highest BCUT2D eigenvalue weighted by molar-refractivity contribution is 4.64. The van der Waals surface area contributed by atoms with Gasteiger partial charge in [-0.25, -0.2) is 0 Å². The lowest BCUT2D eigenvalue weighted by Crippen LogP contribution is -3.15. The minimum Gasteiger partial charge on any atom is -0.391 e. The molecule has 0 spiro atoms. The molecule has 0 aliphatic heterocycles. The first-order valence-electron chi connectivity index (χ1n) is 36.6. The molecule has 0 rings (SSSR count). The third kappa shape index (κ3) is 51.0. The van der Waals surface area contributed by atoms with Crippen molar-refractivity contribution in [3.8, 4) is 0 Å². The topological polar surface area (TPSA) is 384 Å². The van der Waals surface area contributed by atoms with Crippen molar-refractivity contribution < 1.29 is 131 Å². The van der Waals surface area contributed by atoms with Crippen molar-refractivity contribution in [2.24, 2.45) is 0 Å². The van der Waals surface area contributed by atoms with Crippen LogP contribution in [0.5, 0.6) is 0 Å². The van der Waals surface area contributed by atoms with E-state index in [2.05, 4.69) is 31.4 Å². The van der Waals surface area contributed by atoms with Crippen LogP contribution in [0.15, 0.2) is 0 Å². The van der Waals surface area contributed by atoms with E-state index in [-0.39, 0.29) is 106 Å². The molecule has 0 saturated heterocycles. The Morgan fingerprint density at radius 2 is 0.223 bits per heavy atom. The third-order valence-electron chi connectivity index (χ3n) is 18.9. The summed E-state index contributed by atoms with van der Waals surface area (Å²) in [5, 5.41) is 159. The number of hydrogen-bond acceptors (Lipinski definition) is 21. The van der Waals surface area contributed by atoms with E-state index >= 15 is 0 Å². The summed E-state index contributed by atoms with van der Waals surface area (Å²) in [4.78, 5) is 24.2. The lowest BCUT2D eigenvalue weighted by molar-refractivity contribution is -0.907. The summed E-state index contributed by atoms with van der Waals surface area (Å²) in [6.07, 6.45) is 0.956. The second-order valence-corrected chi connectivity index (χ2v) is 25.8. The molecule has 0 aromatic carbocycles. The Bertz CT molecular complexity index is 1230. The van der Waals surface area contributed by atoms with Crippen LogP contribution in [0.2, 0.25) is 0 Å². The zero-order valence-corrected chi connectivity index (χ0v) is 59.2. The van der Waals surface area contributed by atoms with Gasteiger partial charge in [-0.05, 0) is 13.0 Å². The Balaban J connectivity index is 7.62. The molecule has 0 atom stereocenters. The number of quaternary nitrogens is 10. The minimum absolute atomic E-state index is 0.0169. The SMILES string of the molecule is CCCN(CC[NH+](CCN(CC[NH+](CCO)CCO)CC[NH+](CCO)CCO)CCN(CC[NH+](CCO)CCO)CC[NH+](CCO)CCO)CC[NH+](CCN(CC[NH+](CCO)CCO)CC[NH+](CCO)CCO)CCN(CC[NH+](CCO)CCO)CC[NH+](CCO)CCO. The Kier molecular flexibility index (Phi) is 66.7. The van der Waals surface area contributed by atoms with Gasteiger partial charge in [-0.2, -0.15) is 0 Å². The Labute approximate surface area is 566 Å². The Morgan fingerprint density at radius 3 is 0.309 bits per heavy atom. The second-order valence-electron chi connectivity index (χ2n) is 25.8. The van der Waals surface area contributed by atoms with Crippen LogP contribution in [-0.2, 0) is 0 Å². The molecular weight excluding hydrogens is 1220 g/mol. The van der Waals surface area contributed by atoms with Crippen molar-refractivity contribution in [2.75, 3.05) is 400 Å². The Hall–Kier alpha value is -1.24. The molecule has 0 fully saturated rings. The van der Waals surface area contributed by atoms with Crippen molar-refractivity contribution >= 4 is 0 Å². The average Bonchev–Trinajstić information content (AvgIpc) is 2.87. The molecule has 31 heteroatoms. The first-order chi connectivity index (χ1) is 45.9. The van der Waals surface area contributed by atoms with E-state index in [0.29, 0.717) is 105 Å². The highest BCUT2D eigenvalue weighted by atomic mass is 16.3. The maximum absolute atomic E-state index is 9.94. The summed E-state index contributed by atoms with van der Waals surface area (Å²) < 4.78 is 0. The second kappa shape index (κ2) is 67.6. The lowest BCUT2D eigenvalue weighted by atomic mass is 10.3. The summed E-state index contributed by atoms with van der Waals surface area (Å²) in [5.74, 6) is 0. The van der Waals surface area contributed by atoms with Crippen molar-refractivity contribution in [1.29, 1.82) is 0 Å². The maximum Gasteiger partial charge on any atom is 0.101 e. The summed E-state index contributed by atoms with van der Waals surface area (Å²) >= 11 is 0. The predicted molar refractivity (Wildman–Crippen MR) is 362 cm³/mol. The van der Waals surface area contributed by atoms with E-state index in [0.717, 1.165) is 235 Å². The molecule has 566 valence electrons. The van der Waals surface area contributed by atoms with Crippen LogP contribution in [0, 0.1) is 0 Å². The van der Waals surface area contributed by atoms with Crippen LogP contribution in [0.1, 0.15) is 13.3 Å². The van der Waals surface area contributed by atoms with Crippen molar-refractivity contribution in [3.63, 3.8) is 0 Å². The van der Waals surface area contributed by atoms with Gasteiger partial charge in [-0.3, -0.25) is 24.5 Å². The number of nitrogens with one attached hydrogen (secondary N) is 10. The van der Waals surface area contributed by atoms with Gasteiger partial charge in [0.15, 0.2) is 0 Å². The molecule has 0 heterocycles. The van der Waals surface area contributed by atoms with Gasteiger partial charge in [0.25, 0.3) is 0 Å². The summed E-state index contributed by atoms with van der Waals surface area (Å²) in [7, 11) is 0. The van der Waals surface area contributed by atoms with Crippen LogP contribution in [-0.4, -0.2) is 506 Å². The summed E-state index contributed by atoms with van der Waals surface area (Å²) in [5.41, 5.74) is 0. The van der Waals surface area contributed by atoms with Crippen LogP contribution < -0.4 is 49.0 Å². The monoisotopic (exact) mass is 1380 g/mol. The van der Waals surface area contributed by atoms with Crippen LogP contribution in [0.4, 0.5) is 0 Å². The Morgan fingerprint density at radius 1 is 0.138 bits per heavy atom. The maximum atomic E-state index is 9.94. The number of aliphatic hydroxyl groups is 16. The molecule has 0 radical (unpaired) electrons. The van der Waals surface area contributed by atoms with Crippen molar-refractivity contribution in [3.05, 3.63) is 0 Å². The summed E-state index contributed by atoms with van der Waals surface area (Å²) in [6, 6.07) is 0. The molecule has 0 aliphatic carbocycles. The smallest absolute Gasteiger partial charge is 0.101 e. The quantitative estimate of drug-likeness (QED) is 0.0269. The van der Waals surface area contributed by atoms with Gasteiger partial charge in [0, 0.05) is 91.6 Å². The van der Waals surface area contributed by atoms with Crippen molar-refractivity contribution in [2.45, 2.75) is 13.3 Å². The average molecular weight is 1380 g/mol. The molecule has 26 N–H and O–H groups in total. The van der Waals surface area contributed by atoms with Gasteiger partial charge in [-0.1, -0.05) is 6.92 Å². The van der Waals surface area contributed by atoms with Gasteiger partial charge in [0.05, 0.1) is 197 Å². The minimum atomic E-state index is 0.0169. The van der Waals surface area contributed by atoms with Crippen molar-refractivity contribution in [1.82, 2.24) is 24.5 Å². The van der Waals surface area contributed by atoms with E-state index in [1.54, 1.807) is 0 Å². The molecule has 0 amide bonds. The van der Waals surface area contributed by atoms with Crippen LogP contribution >= 0.6 is 0 Å². The molecule has 0 aromatic heterocycles. The molecular formula is C63H153N15O16+10. The highest BCUT2D eigenvalue weighted by Crippen LogP contribution is 1.92. The molecule has 0 saturated carbocycles. The van der Waals surface area contributed by atoms with E-state index in [4.69, 9.17) is 0 Å². The van der Waals surface area contributed by atoms with Gasteiger partial charge < -0.3 is 131 Å². The lowest BCUT2D eigenvalue weighted by Gasteiger charge is -2.32. The van der Waals surface area contributed by atoms with Crippen LogP contribution in [0.3, 0.4) is 0 Å². The van der Waals surface area contributed by atoms with Gasteiger partial charge in [0.2, 0.25) is 0 Å². The number of nitrogens with zero attached hydrogens (tertiary/aromatic N) is 5. The molecule has 0 bridgehead atoms. The molecule has 94 heavy (non-hydrogen) atoms. The first-order valence-corrected chi connectivity index (χ1v) is 36.6. The fourth-order valence-electron chi connectivity index (χ4n) is 12.7. The van der Waals surface area contributed by atoms with Gasteiger partial charge >= 0.3 is 0 Å². The standard InChI is InChI=1S/C63H143N15O16/c1-2-3-64(4-6-65(8-12-67(16-24-71(32-48-79)33-49-80)17-25-72(34-50-81)35-51-82)9-13-68(18-26-73(36-52-83)37-53-84)19-27-74(38-54-85)39-55-86)5-7-66(10-14-69(20-28-75(40-56-87)41-57-88)21-29-76(42-58-89)43-59-90)11-15-70(22-30-77(44-60-91)45-61-92)23-31-78(46-62-93)47-63-94/h79-94H,2-63H2,1H3/p+10. The largest absolute Gasteiger partial charge is 0.391 e. The third-order valence-corrected chi connectivity index (χ3v) is 18.9. The fraction of sp³-hybridized carbons (Fsp3) is 1.00. The fourth-order valence-corrected chi connectivity index (χ4v) is 12.7. The normalized spacial score (nSPS) is 12.8. The van der Waals surface area contributed by atoms with Gasteiger partial charge in [-0.15, -0.1) is 0 Å². The van der Waals surface area contributed by atoms with E-state index in [1.165, 1.54) is 9.80 Å². The first kappa shape index (κ1) is 92.8. The van der Waals surface area contributed by atoms with E-state index in [1.807, 2.05) is 0 Å². The zero-order chi connectivity index (χ0) is 69.5. The number of rotatable bonds is 76.